The number of Topliss-reactive ketones (excluding diaryl/α,β-unsaturated/α-hetero) is 1. The Morgan fingerprint density at radius 2 is 1.03 bits per heavy atom. The second kappa shape index (κ2) is 11.3. The van der Waals surface area contributed by atoms with Crippen LogP contribution in [-0.2, 0) is 30.5 Å². The molecular weight excluding hydrogens is 432 g/mol. The number of aryl methyl sites for hydroxylation is 3. The third-order valence-electron chi connectivity index (χ3n) is 8.58. The molecule has 4 atom stereocenters. The van der Waals surface area contributed by atoms with Gasteiger partial charge in [0.25, 0.3) is 0 Å². The first-order valence-corrected chi connectivity index (χ1v) is 12.9. The molecular formula is C31H38N2O2. The third-order valence-corrected chi connectivity index (χ3v) is 8.58. The first kappa shape index (κ1) is 25.3. The number of hydrazine groups is 1. The highest BCUT2D eigenvalue weighted by molar-refractivity contribution is 5.83. The molecule has 184 valence electrons. The predicted molar refractivity (Wildman–Crippen MR) is 142 cm³/mol. The van der Waals surface area contributed by atoms with Crippen molar-refractivity contribution >= 4 is 5.78 Å². The van der Waals surface area contributed by atoms with E-state index >= 15 is 0 Å². The normalized spacial score (nSPS) is 24.9. The smallest absolute Gasteiger partial charge is 0.137 e. The highest BCUT2D eigenvalue weighted by Crippen LogP contribution is 2.60. The molecule has 1 saturated carbocycles. The summed E-state index contributed by atoms with van der Waals surface area (Å²) < 4.78 is 0. The summed E-state index contributed by atoms with van der Waals surface area (Å²) in [6.07, 6.45) is 9.23. The lowest BCUT2D eigenvalue weighted by Crippen LogP contribution is -2.23. The van der Waals surface area contributed by atoms with Crippen LogP contribution in [0.5, 0.6) is 0 Å². The Balaban J connectivity index is 0.000000176. The van der Waals surface area contributed by atoms with Gasteiger partial charge in [0, 0.05) is 12.8 Å². The molecule has 0 bridgehead atoms. The van der Waals surface area contributed by atoms with Gasteiger partial charge in [-0.1, -0.05) is 72.8 Å². The predicted octanol–water partition coefficient (Wildman–Crippen LogP) is 4.82. The number of benzene rings is 3. The van der Waals surface area contributed by atoms with Crippen molar-refractivity contribution in [2.75, 3.05) is 0 Å². The second-order valence-electron chi connectivity index (χ2n) is 10.3. The van der Waals surface area contributed by atoms with E-state index in [4.69, 9.17) is 0 Å². The maximum absolute atomic E-state index is 11.0. The lowest BCUT2D eigenvalue weighted by molar-refractivity contribution is -0.118. The van der Waals surface area contributed by atoms with Crippen LogP contribution in [0, 0.1) is 11.8 Å². The van der Waals surface area contributed by atoms with Gasteiger partial charge >= 0.3 is 0 Å². The van der Waals surface area contributed by atoms with E-state index in [-0.39, 0.29) is 5.48 Å². The SMILES string of the molecule is NN.O.O=C1CCc2ccccc2C1.c1ccc2c(c1)CCC1CC3CCc4ccccc4C3C21. The van der Waals surface area contributed by atoms with E-state index in [0.717, 1.165) is 36.5 Å². The van der Waals surface area contributed by atoms with Crippen LogP contribution < -0.4 is 11.7 Å². The lowest BCUT2D eigenvalue weighted by Gasteiger charge is -2.36. The molecule has 0 spiro atoms. The van der Waals surface area contributed by atoms with Crippen molar-refractivity contribution in [2.24, 2.45) is 23.5 Å². The molecule has 0 aromatic heterocycles. The largest absolute Gasteiger partial charge is 0.412 e. The molecule has 3 aromatic carbocycles. The van der Waals surface area contributed by atoms with E-state index in [9.17, 15) is 4.79 Å². The summed E-state index contributed by atoms with van der Waals surface area (Å²) in [7, 11) is 0. The van der Waals surface area contributed by atoms with Gasteiger partial charge in [-0.25, -0.2) is 0 Å². The summed E-state index contributed by atoms with van der Waals surface area (Å²) in [4.78, 5) is 11.0. The Bertz CT molecular complexity index is 1100. The Hall–Kier alpha value is -2.79. The molecule has 0 heterocycles. The van der Waals surface area contributed by atoms with Crippen LogP contribution in [0.15, 0.2) is 72.8 Å². The van der Waals surface area contributed by atoms with Gasteiger partial charge in [0.05, 0.1) is 0 Å². The zero-order valence-electron chi connectivity index (χ0n) is 20.5. The van der Waals surface area contributed by atoms with Crippen LogP contribution in [0.1, 0.15) is 70.9 Å². The molecule has 6 N–H and O–H groups in total. The maximum atomic E-state index is 11.0. The fourth-order valence-electron chi connectivity index (χ4n) is 7.16. The van der Waals surface area contributed by atoms with Gasteiger partial charge < -0.3 is 5.48 Å². The molecule has 35 heavy (non-hydrogen) atoms. The van der Waals surface area contributed by atoms with E-state index in [1.54, 1.807) is 22.3 Å². The van der Waals surface area contributed by atoms with Crippen LogP contribution in [0.25, 0.3) is 0 Å². The molecule has 7 rings (SSSR count). The Morgan fingerprint density at radius 1 is 0.571 bits per heavy atom. The summed E-state index contributed by atoms with van der Waals surface area (Å²) in [6, 6.07) is 26.7. The zero-order chi connectivity index (χ0) is 23.5. The van der Waals surface area contributed by atoms with Crippen LogP contribution in [-0.4, -0.2) is 11.3 Å². The van der Waals surface area contributed by atoms with Crippen LogP contribution in [0.3, 0.4) is 0 Å². The number of rotatable bonds is 0. The molecule has 1 fully saturated rings. The Kier molecular flexibility index (Phi) is 8.17. The van der Waals surface area contributed by atoms with Gasteiger partial charge in [-0.3, -0.25) is 16.5 Å². The molecule has 4 aliphatic carbocycles. The van der Waals surface area contributed by atoms with Gasteiger partial charge in [0.15, 0.2) is 0 Å². The van der Waals surface area contributed by atoms with Gasteiger partial charge in [-0.05, 0) is 95.6 Å². The topological polar surface area (TPSA) is 101 Å². The van der Waals surface area contributed by atoms with Crippen molar-refractivity contribution in [3.63, 3.8) is 0 Å². The zero-order valence-corrected chi connectivity index (χ0v) is 20.5. The molecule has 4 nitrogen and oxygen atoms in total. The monoisotopic (exact) mass is 470 g/mol. The average molecular weight is 471 g/mol. The molecule has 0 aliphatic heterocycles. The number of fused-ring (bicyclic) bond motifs is 8. The Labute approximate surface area is 209 Å². The molecule has 4 aliphatic rings. The summed E-state index contributed by atoms with van der Waals surface area (Å²) in [5.74, 6) is 11.8. The van der Waals surface area contributed by atoms with E-state index < -0.39 is 0 Å². The van der Waals surface area contributed by atoms with Gasteiger partial charge in [0.1, 0.15) is 5.78 Å². The molecule has 0 saturated heterocycles. The van der Waals surface area contributed by atoms with Crippen molar-refractivity contribution in [1.82, 2.24) is 0 Å². The average Bonchev–Trinajstić information content (AvgIpc) is 3.30. The number of hydrogen-bond donors (Lipinski definition) is 2. The van der Waals surface area contributed by atoms with Crippen LogP contribution in [0.2, 0.25) is 0 Å². The summed E-state index contributed by atoms with van der Waals surface area (Å²) in [6.45, 7) is 0. The second-order valence-corrected chi connectivity index (χ2v) is 10.3. The fourth-order valence-corrected chi connectivity index (χ4v) is 7.16. The van der Waals surface area contributed by atoms with E-state index in [0.29, 0.717) is 12.2 Å². The van der Waals surface area contributed by atoms with Crippen LogP contribution in [0.4, 0.5) is 0 Å². The number of nitrogens with two attached hydrogens (primary N) is 2. The summed E-state index contributed by atoms with van der Waals surface area (Å²) in [5, 5.41) is 0. The Morgan fingerprint density at radius 3 is 1.57 bits per heavy atom. The number of hydrogen-bond acceptors (Lipinski definition) is 3. The minimum absolute atomic E-state index is 0. The fraction of sp³-hybridized carbons (Fsp3) is 0.387. The summed E-state index contributed by atoms with van der Waals surface area (Å²) >= 11 is 0. The van der Waals surface area contributed by atoms with Crippen molar-refractivity contribution in [3.8, 4) is 0 Å². The highest BCUT2D eigenvalue weighted by Gasteiger charge is 2.48. The van der Waals surface area contributed by atoms with E-state index in [1.807, 2.05) is 18.2 Å². The van der Waals surface area contributed by atoms with E-state index in [2.05, 4.69) is 66.3 Å². The minimum atomic E-state index is 0. The van der Waals surface area contributed by atoms with Crippen molar-refractivity contribution in [1.29, 1.82) is 0 Å². The van der Waals surface area contributed by atoms with Crippen molar-refractivity contribution in [3.05, 3.63) is 106 Å². The molecule has 0 amide bonds. The first-order valence-electron chi connectivity index (χ1n) is 12.9. The van der Waals surface area contributed by atoms with Gasteiger partial charge in [0.2, 0.25) is 0 Å². The van der Waals surface area contributed by atoms with E-state index in [1.165, 1.54) is 43.2 Å². The maximum Gasteiger partial charge on any atom is 0.137 e. The minimum Gasteiger partial charge on any atom is -0.412 e. The number of carbonyl (C=O) groups is 1. The molecule has 0 radical (unpaired) electrons. The standard InChI is InChI=1S/C21H22.C10H10O.H4N2.H2O/c1-3-7-18-14(5-1)9-11-16-13-17-12-10-15-6-2-4-8-19(15)21(17)20(16)18;11-10-6-5-8-3-1-2-4-9(8)7-10;1-2;/h1-8,16-17,20-21H,9-13H2;1-4H,5-7H2;1-2H2;1H2. The molecule has 3 aromatic rings. The van der Waals surface area contributed by atoms with Gasteiger partial charge in [-0.2, -0.15) is 0 Å². The number of carbonyl (C=O) groups excluding carboxylic acids is 1. The highest BCUT2D eigenvalue weighted by atomic mass is 16.1. The van der Waals surface area contributed by atoms with Crippen molar-refractivity contribution in [2.45, 2.75) is 63.2 Å². The van der Waals surface area contributed by atoms with Crippen LogP contribution >= 0.6 is 0 Å². The molecule has 4 unspecified atom stereocenters. The summed E-state index contributed by atoms with van der Waals surface area (Å²) in [5.41, 5.74) is 9.19. The van der Waals surface area contributed by atoms with Crippen molar-refractivity contribution < 1.29 is 10.3 Å². The lowest BCUT2D eigenvalue weighted by atomic mass is 9.68. The van der Waals surface area contributed by atoms with Gasteiger partial charge in [-0.15, -0.1) is 0 Å². The quantitative estimate of drug-likeness (QED) is 0.364. The first-order chi connectivity index (χ1) is 16.8. The number of ketones is 1. The molecule has 4 heteroatoms. The third kappa shape index (κ3) is 4.97.